The quantitative estimate of drug-likeness (QED) is 0.401. The van der Waals surface area contributed by atoms with Crippen LogP contribution in [0, 0.1) is 5.92 Å². The van der Waals surface area contributed by atoms with Gasteiger partial charge in [0.25, 0.3) is 0 Å². The largest absolute Gasteiger partial charge is 0.455 e. The third kappa shape index (κ3) is 6.41. The van der Waals surface area contributed by atoms with Crippen molar-refractivity contribution < 1.29 is 19.1 Å². The van der Waals surface area contributed by atoms with E-state index in [1.54, 1.807) is 13.8 Å². The molecule has 0 bridgehead atoms. The van der Waals surface area contributed by atoms with Gasteiger partial charge in [0.2, 0.25) is 0 Å². The average Bonchev–Trinajstić information content (AvgIpc) is 2.13. The Kier molecular flexibility index (Phi) is 6.39. The molecule has 98 valence electrons. The number of alkyl halides is 1. The fraction of sp³-hybridized carbons (Fsp3) is 0.750. The summed E-state index contributed by atoms with van der Waals surface area (Å²) in [5, 5.41) is 0. The second-order valence-corrected chi connectivity index (χ2v) is 5.58. The molecule has 17 heavy (non-hydrogen) atoms. The van der Waals surface area contributed by atoms with E-state index in [-0.39, 0.29) is 24.5 Å². The van der Waals surface area contributed by atoms with Crippen molar-refractivity contribution in [3.63, 3.8) is 0 Å². The predicted molar refractivity (Wildman–Crippen MR) is 65.0 cm³/mol. The molecule has 0 aliphatic heterocycles. The zero-order valence-electron chi connectivity index (χ0n) is 10.7. The summed E-state index contributed by atoms with van der Waals surface area (Å²) in [6.45, 7) is 6.14. The van der Waals surface area contributed by atoms with E-state index in [0.29, 0.717) is 0 Å². The lowest BCUT2D eigenvalue weighted by Gasteiger charge is -2.29. The van der Waals surface area contributed by atoms with Crippen LogP contribution in [0.4, 0.5) is 0 Å². The van der Waals surface area contributed by atoms with Gasteiger partial charge in [-0.05, 0) is 33.1 Å². The van der Waals surface area contributed by atoms with Crippen molar-refractivity contribution in [1.29, 1.82) is 0 Å². The summed E-state index contributed by atoms with van der Waals surface area (Å²) in [4.78, 5) is 32.2. The van der Waals surface area contributed by atoms with Gasteiger partial charge >= 0.3 is 5.97 Å². The summed E-state index contributed by atoms with van der Waals surface area (Å²) in [6, 6.07) is 0. The number of halogens is 1. The summed E-state index contributed by atoms with van der Waals surface area (Å²) in [5.41, 5.74) is 0. The van der Waals surface area contributed by atoms with Crippen molar-refractivity contribution in [2.24, 2.45) is 5.92 Å². The van der Waals surface area contributed by atoms with Crippen molar-refractivity contribution in [3.05, 3.63) is 0 Å². The van der Waals surface area contributed by atoms with Gasteiger partial charge in [-0.25, -0.2) is 0 Å². The summed E-state index contributed by atoms with van der Waals surface area (Å²) in [5.74, 6) is -0.964. The van der Waals surface area contributed by atoms with Crippen LogP contribution in [0.5, 0.6) is 0 Å². The monoisotopic (exact) mass is 262 g/mol. The van der Waals surface area contributed by atoms with E-state index in [0.717, 1.165) is 6.29 Å². The molecule has 5 heteroatoms. The Morgan fingerprint density at radius 3 is 2.18 bits per heavy atom. The number of hydrogen-bond acceptors (Lipinski definition) is 4. The SMILES string of the molecule is CC(=O)O[C@H](C[C@@H](CC=O)C(C)(C)Cl)C(C)=O. The van der Waals surface area contributed by atoms with E-state index in [4.69, 9.17) is 16.3 Å². The smallest absolute Gasteiger partial charge is 0.303 e. The molecule has 0 heterocycles. The van der Waals surface area contributed by atoms with E-state index < -0.39 is 16.9 Å². The standard InChI is InChI=1S/C12H19ClO4/c1-8(15)11(17-9(2)16)7-10(5-6-14)12(3,4)13/h6,10-11H,5,7H2,1-4H3/t10-,11-/m1/s1. The number of esters is 1. The first kappa shape index (κ1) is 16.1. The number of carbonyl (C=O) groups excluding carboxylic acids is 3. The van der Waals surface area contributed by atoms with Crippen molar-refractivity contribution in [2.45, 2.75) is 51.5 Å². The fourth-order valence-corrected chi connectivity index (χ4v) is 1.71. The number of carbonyl (C=O) groups is 3. The normalized spacial score (nSPS) is 14.9. The van der Waals surface area contributed by atoms with Crippen LogP contribution in [0.25, 0.3) is 0 Å². The van der Waals surface area contributed by atoms with Crippen LogP contribution >= 0.6 is 11.6 Å². The molecule has 0 aromatic carbocycles. The molecule has 0 radical (unpaired) electrons. The molecule has 0 aromatic rings. The highest BCUT2D eigenvalue weighted by Crippen LogP contribution is 2.31. The maximum atomic E-state index is 11.3. The maximum absolute atomic E-state index is 11.3. The molecular formula is C12H19ClO4. The zero-order valence-corrected chi connectivity index (χ0v) is 11.4. The van der Waals surface area contributed by atoms with E-state index in [1.165, 1.54) is 13.8 Å². The van der Waals surface area contributed by atoms with Gasteiger partial charge in [-0.1, -0.05) is 0 Å². The van der Waals surface area contributed by atoms with Gasteiger partial charge in [-0.2, -0.15) is 0 Å². The molecule has 0 amide bonds. The molecule has 0 unspecified atom stereocenters. The van der Waals surface area contributed by atoms with Gasteiger partial charge in [0.1, 0.15) is 6.29 Å². The molecule has 0 N–H and O–H groups in total. The number of ketones is 1. The van der Waals surface area contributed by atoms with Gasteiger partial charge in [-0.15, -0.1) is 11.6 Å². The van der Waals surface area contributed by atoms with Gasteiger partial charge < -0.3 is 9.53 Å². The lowest BCUT2D eigenvalue weighted by molar-refractivity contribution is -0.153. The van der Waals surface area contributed by atoms with Crippen LogP contribution in [0.1, 0.15) is 40.5 Å². The van der Waals surface area contributed by atoms with Crippen molar-refractivity contribution >= 4 is 29.6 Å². The zero-order chi connectivity index (χ0) is 13.6. The first-order valence-electron chi connectivity index (χ1n) is 5.48. The molecule has 2 atom stereocenters. The number of hydrogen-bond donors (Lipinski definition) is 0. The van der Waals surface area contributed by atoms with Gasteiger partial charge in [-0.3, -0.25) is 9.59 Å². The second-order valence-electron chi connectivity index (χ2n) is 4.61. The highest BCUT2D eigenvalue weighted by molar-refractivity contribution is 6.23. The van der Waals surface area contributed by atoms with Crippen LogP contribution in [-0.2, 0) is 19.1 Å². The minimum Gasteiger partial charge on any atom is -0.455 e. The van der Waals surface area contributed by atoms with E-state index in [9.17, 15) is 14.4 Å². The Bertz CT molecular complexity index is 293. The molecule has 0 aromatic heterocycles. The Hall–Kier alpha value is -0.900. The van der Waals surface area contributed by atoms with Crippen LogP contribution in [-0.4, -0.2) is 29.0 Å². The van der Waals surface area contributed by atoms with Gasteiger partial charge in [0.05, 0.1) is 0 Å². The first-order valence-corrected chi connectivity index (χ1v) is 5.86. The Morgan fingerprint density at radius 1 is 1.35 bits per heavy atom. The minimum atomic E-state index is -0.824. The molecule has 0 saturated carbocycles. The summed E-state index contributed by atoms with van der Waals surface area (Å²) in [7, 11) is 0. The van der Waals surface area contributed by atoms with E-state index in [2.05, 4.69) is 0 Å². The highest BCUT2D eigenvalue weighted by Gasteiger charge is 2.32. The molecule has 0 aliphatic carbocycles. The van der Waals surface area contributed by atoms with Crippen LogP contribution < -0.4 is 0 Å². The summed E-state index contributed by atoms with van der Waals surface area (Å²) in [6.07, 6.45) is 0.446. The molecule has 4 nitrogen and oxygen atoms in total. The van der Waals surface area contributed by atoms with Crippen LogP contribution in [0.3, 0.4) is 0 Å². The maximum Gasteiger partial charge on any atom is 0.303 e. The predicted octanol–water partition coefficient (Wildman–Crippen LogP) is 2.12. The van der Waals surface area contributed by atoms with Crippen molar-refractivity contribution in [2.75, 3.05) is 0 Å². The van der Waals surface area contributed by atoms with E-state index in [1.807, 2.05) is 0 Å². The molecule has 0 aliphatic rings. The lowest BCUT2D eigenvalue weighted by atomic mass is 9.86. The van der Waals surface area contributed by atoms with E-state index >= 15 is 0 Å². The van der Waals surface area contributed by atoms with Gasteiger partial charge in [0, 0.05) is 18.2 Å². The fourth-order valence-electron chi connectivity index (χ4n) is 1.53. The second kappa shape index (κ2) is 6.74. The number of Topliss-reactive ketones (excluding diaryl/α,β-unsaturated/α-hetero) is 1. The van der Waals surface area contributed by atoms with Crippen LogP contribution in [0.15, 0.2) is 0 Å². The molecule has 0 saturated heterocycles. The Labute approximate surface area is 107 Å². The Balaban J connectivity index is 4.73. The molecule has 0 fully saturated rings. The van der Waals surface area contributed by atoms with Crippen LogP contribution in [0.2, 0.25) is 0 Å². The molecule has 0 rings (SSSR count). The lowest BCUT2D eigenvalue weighted by Crippen LogP contribution is -2.34. The summed E-state index contributed by atoms with van der Waals surface area (Å²) >= 11 is 6.15. The van der Waals surface area contributed by atoms with Crippen molar-refractivity contribution in [3.8, 4) is 0 Å². The highest BCUT2D eigenvalue weighted by atomic mass is 35.5. The number of rotatable bonds is 7. The minimum absolute atomic E-state index is 0.213. The number of aldehydes is 1. The Morgan fingerprint density at radius 2 is 1.88 bits per heavy atom. The number of ether oxygens (including phenoxy) is 1. The van der Waals surface area contributed by atoms with Crippen molar-refractivity contribution in [1.82, 2.24) is 0 Å². The first-order chi connectivity index (χ1) is 7.68. The molecule has 0 spiro atoms. The molecular weight excluding hydrogens is 244 g/mol. The van der Waals surface area contributed by atoms with Gasteiger partial charge in [0.15, 0.2) is 11.9 Å². The third-order valence-electron chi connectivity index (χ3n) is 2.61. The third-order valence-corrected chi connectivity index (χ3v) is 2.92. The average molecular weight is 263 g/mol. The summed E-state index contributed by atoms with van der Waals surface area (Å²) < 4.78 is 4.92. The topological polar surface area (TPSA) is 60.4 Å².